The van der Waals surface area contributed by atoms with Crippen molar-refractivity contribution in [2.75, 3.05) is 16.8 Å². The van der Waals surface area contributed by atoms with Crippen molar-refractivity contribution in [1.29, 1.82) is 0 Å². The average molecular weight is 598 g/mol. The van der Waals surface area contributed by atoms with E-state index in [9.17, 15) is 22.8 Å². The van der Waals surface area contributed by atoms with E-state index < -0.39 is 35.3 Å². The number of nitrogens with two attached hydrogens (primary N) is 1. The number of anilines is 2. The second-order valence-electron chi connectivity index (χ2n) is 10.2. The number of hydrogen-bond donors (Lipinski definition) is 2. The fourth-order valence-electron chi connectivity index (χ4n) is 5.30. The quantitative estimate of drug-likeness (QED) is 0.310. The monoisotopic (exact) mass is 597 g/mol. The zero-order valence-corrected chi connectivity index (χ0v) is 22.7. The third-order valence-corrected chi connectivity index (χ3v) is 7.87. The van der Waals surface area contributed by atoms with Crippen LogP contribution in [-0.4, -0.2) is 54.1 Å². The van der Waals surface area contributed by atoms with Crippen LogP contribution in [0.25, 0.3) is 11.3 Å². The Hall–Kier alpha value is -4.59. The first kappa shape index (κ1) is 27.6. The third kappa shape index (κ3) is 5.02. The van der Waals surface area contributed by atoms with Crippen LogP contribution in [0.4, 0.5) is 24.8 Å². The molecule has 0 radical (unpaired) electrons. The molecule has 11 nitrogen and oxygen atoms in total. The molecule has 1 saturated carbocycles. The molecule has 1 aliphatic heterocycles. The van der Waals surface area contributed by atoms with Gasteiger partial charge in [-0.3, -0.25) is 19.3 Å². The number of fused-ring (bicyclic) bond motifs is 1. The van der Waals surface area contributed by atoms with Crippen LogP contribution in [0.2, 0.25) is 5.02 Å². The molecule has 3 N–H and O–H groups in total. The van der Waals surface area contributed by atoms with E-state index in [0.717, 1.165) is 36.5 Å². The van der Waals surface area contributed by atoms with Gasteiger partial charge in [-0.1, -0.05) is 17.7 Å². The topological polar surface area (TPSA) is 145 Å². The number of carbonyl (C=O) groups is 2. The normalized spacial score (nSPS) is 20.0. The van der Waals surface area contributed by atoms with Crippen molar-refractivity contribution in [3.63, 3.8) is 0 Å². The van der Waals surface area contributed by atoms with Crippen molar-refractivity contribution in [2.24, 2.45) is 17.6 Å². The van der Waals surface area contributed by atoms with Crippen LogP contribution >= 0.6 is 11.6 Å². The predicted molar refractivity (Wildman–Crippen MR) is 145 cm³/mol. The molecular formula is C27H23ClF3N9O2. The van der Waals surface area contributed by atoms with E-state index in [0.29, 0.717) is 24.1 Å². The molecule has 6 rings (SSSR count). The first-order valence-electron chi connectivity index (χ1n) is 12.9. The molecular weight excluding hydrogens is 575 g/mol. The minimum Gasteiger partial charge on any atom is -0.368 e. The number of piperidine rings is 1. The lowest BCUT2D eigenvalue weighted by Gasteiger charge is -2.25. The molecule has 0 bridgehead atoms. The molecule has 0 spiro atoms. The molecule has 1 aliphatic carbocycles. The summed E-state index contributed by atoms with van der Waals surface area (Å²) in [5.74, 6) is -1.01. The van der Waals surface area contributed by atoms with Gasteiger partial charge in [0.1, 0.15) is 11.7 Å². The summed E-state index contributed by atoms with van der Waals surface area (Å²) >= 11 is 5.80. The highest BCUT2D eigenvalue weighted by atomic mass is 35.5. The molecule has 1 saturated heterocycles. The maximum absolute atomic E-state index is 14.7. The fraction of sp³-hybridized carbons (Fsp3) is 0.296. The van der Waals surface area contributed by atoms with Gasteiger partial charge in [-0.2, -0.15) is 5.10 Å². The molecule has 2 aliphatic rings. The summed E-state index contributed by atoms with van der Waals surface area (Å²) in [6, 6.07) is 1.32. The van der Waals surface area contributed by atoms with Crippen LogP contribution in [0.3, 0.4) is 0 Å². The van der Waals surface area contributed by atoms with E-state index in [1.165, 1.54) is 6.20 Å². The first-order chi connectivity index (χ1) is 20.1. The van der Waals surface area contributed by atoms with Gasteiger partial charge in [-0.15, -0.1) is 0 Å². The number of rotatable bonds is 8. The molecule has 3 aromatic heterocycles. The second kappa shape index (κ2) is 10.7. The lowest BCUT2D eigenvalue weighted by molar-refractivity contribution is -0.119. The molecule has 2 amide bonds. The smallest absolute Gasteiger partial charge is 0.275 e. The first-order valence-corrected chi connectivity index (χ1v) is 13.3. The number of amides is 2. The molecule has 4 aromatic rings. The number of primary amides is 1. The second-order valence-corrected chi connectivity index (χ2v) is 10.6. The summed E-state index contributed by atoms with van der Waals surface area (Å²) in [6.07, 6.45) is 6.49. The molecule has 1 aromatic carbocycles. The van der Waals surface area contributed by atoms with Crippen LogP contribution in [0.5, 0.6) is 0 Å². The lowest BCUT2D eigenvalue weighted by Crippen LogP contribution is -2.44. The molecule has 216 valence electrons. The van der Waals surface area contributed by atoms with Gasteiger partial charge in [0, 0.05) is 41.8 Å². The van der Waals surface area contributed by atoms with Crippen molar-refractivity contribution in [2.45, 2.75) is 31.9 Å². The molecule has 4 atom stereocenters. The number of nitrogens with zero attached hydrogens (tertiary/aromatic N) is 7. The Labute approximate surface area is 241 Å². The Morgan fingerprint density at radius 1 is 1.14 bits per heavy atom. The largest absolute Gasteiger partial charge is 0.368 e. The van der Waals surface area contributed by atoms with Gasteiger partial charge in [-0.25, -0.2) is 28.1 Å². The molecule has 2 fully saturated rings. The summed E-state index contributed by atoms with van der Waals surface area (Å²) in [6.45, 7) is 2.56. The zero-order valence-electron chi connectivity index (χ0n) is 22.0. The van der Waals surface area contributed by atoms with Crippen LogP contribution in [-0.2, 0) is 4.79 Å². The SMILES string of the molecule is CC(c1cnc(N2CC3CC3C2C(N)=O)nc1)n1cc(NC(=O)c2cncc(-c3c(C(F)F)ccc(Cl)c3F)n2)cn1. The van der Waals surface area contributed by atoms with E-state index in [1.807, 2.05) is 11.8 Å². The summed E-state index contributed by atoms with van der Waals surface area (Å²) in [5.41, 5.74) is 5.01. The summed E-state index contributed by atoms with van der Waals surface area (Å²) in [7, 11) is 0. The van der Waals surface area contributed by atoms with E-state index in [1.54, 1.807) is 23.3 Å². The van der Waals surface area contributed by atoms with Crippen LogP contribution < -0.4 is 16.0 Å². The number of alkyl halides is 2. The number of aromatic nitrogens is 6. The number of hydrogen-bond acceptors (Lipinski definition) is 8. The predicted octanol–water partition coefficient (Wildman–Crippen LogP) is 4.03. The Balaban J connectivity index is 1.16. The minimum atomic E-state index is -3.00. The Bertz CT molecular complexity index is 1680. The highest BCUT2D eigenvalue weighted by Crippen LogP contribution is 2.50. The standard InChI is InChI=1S/C27H23ClF3N9O2/c1-12(14-5-34-27(35-6-14)39-10-13-4-17(13)23(39)25(32)41)40-11-15(7-36-40)37-26(42)20-9-33-8-19(38-20)21-16(24(30)31)2-3-18(28)22(21)29/h2-3,5-9,11-13,17,23-24H,4,10H2,1H3,(H2,32,41)(H,37,42). The zero-order chi connectivity index (χ0) is 29.7. The molecule has 15 heteroatoms. The summed E-state index contributed by atoms with van der Waals surface area (Å²) in [5, 5.41) is 6.56. The number of benzene rings is 1. The van der Waals surface area contributed by atoms with Gasteiger partial charge < -0.3 is 16.0 Å². The summed E-state index contributed by atoms with van der Waals surface area (Å²) < 4.78 is 43.4. The lowest BCUT2D eigenvalue weighted by atomic mass is 10.0. The molecule has 4 heterocycles. The van der Waals surface area contributed by atoms with Gasteiger partial charge in [-0.05, 0) is 31.2 Å². The maximum Gasteiger partial charge on any atom is 0.275 e. The number of nitrogens with one attached hydrogen (secondary N) is 1. The molecule has 4 unspecified atom stereocenters. The van der Waals surface area contributed by atoms with Crippen molar-refractivity contribution in [3.8, 4) is 11.3 Å². The Morgan fingerprint density at radius 2 is 1.90 bits per heavy atom. The number of halogens is 4. The van der Waals surface area contributed by atoms with E-state index in [-0.39, 0.29) is 34.3 Å². The van der Waals surface area contributed by atoms with Crippen molar-refractivity contribution < 1.29 is 22.8 Å². The maximum atomic E-state index is 14.7. The van der Waals surface area contributed by atoms with Crippen molar-refractivity contribution in [3.05, 3.63) is 77.0 Å². The van der Waals surface area contributed by atoms with Gasteiger partial charge in [0.15, 0.2) is 5.82 Å². The van der Waals surface area contributed by atoms with Crippen molar-refractivity contribution in [1.82, 2.24) is 29.7 Å². The van der Waals surface area contributed by atoms with E-state index >= 15 is 0 Å². The Morgan fingerprint density at radius 3 is 2.62 bits per heavy atom. The van der Waals surface area contributed by atoms with Gasteiger partial charge in [0.05, 0.1) is 41.0 Å². The van der Waals surface area contributed by atoms with Gasteiger partial charge in [0.25, 0.3) is 12.3 Å². The molecule has 42 heavy (non-hydrogen) atoms. The van der Waals surface area contributed by atoms with Gasteiger partial charge in [0.2, 0.25) is 11.9 Å². The fourth-order valence-corrected chi connectivity index (χ4v) is 5.45. The minimum absolute atomic E-state index is 0.231. The number of carbonyl (C=O) groups excluding carboxylic acids is 2. The summed E-state index contributed by atoms with van der Waals surface area (Å²) in [4.78, 5) is 43.5. The van der Waals surface area contributed by atoms with Crippen LogP contribution in [0.1, 0.15) is 47.4 Å². The van der Waals surface area contributed by atoms with Crippen LogP contribution in [0, 0.1) is 17.7 Å². The average Bonchev–Trinajstić information content (AvgIpc) is 3.39. The third-order valence-electron chi connectivity index (χ3n) is 7.58. The Kier molecular flexibility index (Phi) is 7.01. The van der Waals surface area contributed by atoms with E-state index in [4.69, 9.17) is 17.3 Å². The van der Waals surface area contributed by atoms with Crippen LogP contribution in [0.15, 0.2) is 49.3 Å². The highest BCUT2D eigenvalue weighted by Gasteiger charge is 2.55. The van der Waals surface area contributed by atoms with Gasteiger partial charge >= 0.3 is 0 Å². The highest BCUT2D eigenvalue weighted by molar-refractivity contribution is 6.31. The van der Waals surface area contributed by atoms with E-state index in [2.05, 4.69) is 30.4 Å². The van der Waals surface area contributed by atoms with Crippen molar-refractivity contribution >= 4 is 35.1 Å².